The lowest BCUT2D eigenvalue weighted by atomic mass is 10.1. The van der Waals surface area contributed by atoms with E-state index in [4.69, 9.17) is 0 Å². The Hall–Kier alpha value is -1.69. The van der Waals surface area contributed by atoms with Crippen molar-refractivity contribution in [2.45, 2.75) is 19.1 Å². The van der Waals surface area contributed by atoms with Gasteiger partial charge in [-0.2, -0.15) is 8.78 Å². The van der Waals surface area contributed by atoms with Gasteiger partial charge >= 0.3 is 12.6 Å². The van der Waals surface area contributed by atoms with Crippen molar-refractivity contribution in [2.24, 2.45) is 0 Å². The highest BCUT2D eigenvalue weighted by atomic mass is 19.3. The molecule has 6 heteroatoms. The van der Waals surface area contributed by atoms with Gasteiger partial charge in [-0.15, -0.1) is 0 Å². The number of carbonyl (C=O) groups is 1. The molecular weight excluding hydrogens is 234 g/mol. The molecule has 94 valence electrons. The number of esters is 1. The van der Waals surface area contributed by atoms with Gasteiger partial charge < -0.3 is 14.6 Å². The molecule has 0 saturated heterocycles. The highest BCUT2D eigenvalue weighted by Gasteiger charge is 2.18. The van der Waals surface area contributed by atoms with Crippen LogP contribution in [0.4, 0.5) is 8.78 Å². The first-order valence-corrected chi connectivity index (χ1v) is 4.83. The van der Waals surface area contributed by atoms with Crippen molar-refractivity contribution in [3.05, 3.63) is 29.8 Å². The van der Waals surface area contributed by atoms with Gasteiger partial charge in [0, 0.05) is 6.42 Å². The second-order valence-corrected chi connectivity index (χ2v) is 3.23. The van der Waals surface area contributed by atoms with Crippen LogP contribution in [0.15, 0.2) is 24.3 Å². The van der Waals surface area contributed by atoms with Crippen molar-refractivity contribution >= 4 is 5.97 Å². The fourth-order valence-corrected chi connectivity index (χ4v) is 1.31. The quantitative estimate of drug-likeness (QED) is 0.797. The number of rotatable bonds is 5. The van der Waals surface area contributed by atoms with Gasteiger partial charge in [-0.25, -0.2) is 4.79 Å². The smallest absolute Gasteiger partial charge is 0.387 e. The second-order valence-electron chi connectivity index (χ2n) is 3.23. The van der Waals surface area contributed by atoms with E-state index in [9.17, 15) is 18.7 Å². The number of benzene rings is 1. The van der Waals surface area contributed by atoms with Crippen molar-refractivity contribution in [3.8, 4) is 5.75 Å². The molecule has 0 amide bonds. The predicted octanol–water partition coefficient (Wildman–Crippen LogP) is 1.36. The van der Waals surface area contributed by atoms with E-state index < -0.39 is 18.7 Å². The Labute approximate surface area is 96.8 Å². The van der Waals surface area contributed by atoms with Gasteiger partial charge in [0.2, 0.25) is 0 Å². The van der Waals surface area contributed by atoms with Gasteiger partial charge in [0.1, 0.15) is 5.75 Å². The molecule has 0 unspecified atom stereocenters. The number of hydrogen-bond donors (Lipinski definition) is 1. The van der Waals surface area contributed by atoms with Gasteiger partial charge in [-0.1, -0.05) is 18.2 Å². The minimum atomic E-state index is -2.95. The lowest BCUT2D eigenvalue weighted by Crippen LogP contribution is -2.24. The zero-order valence-corrected chi connectivity index (χ0v) is 9.10. The molecule has 0 aliphatic carbocycles. The van der Waals surface area contributed by atoms with Gasteiger partial charge in [0.05, 0.1) is 7.11 Å². The van der Waals surface area contributed by atoms with Gasteiger partial charge in [0.25, 0.3) is 0 Å². The van der Waals surface area contributed by atoms with Crippen LogP contribution in [-0.2, 0) is 16.0 Å². The molecule has 1 rings (SSSR count). The van der Waals surface area contributed by atoms with Crippen LogP contribution in [0.3, 0.4) is 0 Å². The summed E-state index contributed by atoms with van der Waals surface area (Å²) in [6.45, 7) is -2.95. The Bertz CT molecular complexity index is 381. The fraction of sp³-hybridized carbons (Fsp3) is 0.364. The fourth-order valence-electron chi connectivity index (χ4n) is 1.31. The average Bonchev–Trinajstić information content (AvgIpc) is 2.29. The molecule has 0 aliphatic heterocycles. The third-order valence-electron chi connectivity index (χ3n) is 2.08. The number of methoxy groups -OCH3 is 1. The first-order chi connectivity index (χ1) is 8.04. The summed E-state index contributed by atoms with van der Waals surface area (Å²) in [5, 5.41) is 9.41. The minimum Gasteiger partial charge on any atom is -0.467 e. The summed E-state index contributed by atoms with van der Waals surface area (Å²) in [5.41, 5.74) is 0.311. The topological polar surface area (TPSA) is 55.8 Å². The number of carbonyl (C=O) groups excluding carboxylic acids is 1. The lowest BCUT2D eigenvalue weighted by Gasteiger charge is -2.12. The summed E-state index contributed by atoms with van der Waals surface area (Å²) in [7, 11) is 1.13. The Morgan fingerprint density at radius 2 is 2.06 bits per heavy atom. The Morgan fingerprint density at radius 1 is 1.41 bits per heavy atom. The number of aliphatic hydroxyl groups excluding tert-OH is 1. The van der Waals surface area contributed by atoms with Crippen LogP contribution in [0.25, 0.3) is 0 Å². The van der Waals surface area contributed by atoms with Gasteiger partial charge in [-0.3, -0.25) is 0 Å². The van der Waals surface area contributed by atoms with E-state index in [0.717, 1.165) is 7.11 Å². The zero-order valence-electron chi connectivity index (χ0n) is 9.10. The maximum atomic E-state index is 12.1. The molecule has 1 aromatic carbocycles. The van der Waals surface area contributed by atoms with Crippen LogP contribution in [0.1, 0.15) is 5.56 Å². The third-order valence-corrected chi connectivity index (χ3v) is 2.08. The first kappa shape index (κ1) is 13.4. The molecule has 0 spiro atoms. The predicted molar refractivity (Wildman–Crippen MR) is 54.8 cm³/mol. The van der Waals surface area contributed by atoms with Gasteiger partial charge in [-0.05, 0) is 11.6 Å². The lowest BCUT2D eigenvalue weighted by molar-refractivity contribution is -0.150. The highest BCUT2D eigenvalue weighted by Crippen LogP contribution is 2.21. The molecule has 1 N–H and O–H groups in total. The Kier molecular flexibility index (Phi) is 4.84. The average molecular weight is 246 g/mol. The molecule has 1 atom stereocenters. The number of aliphatic hydroxyl groups is 1. The van der Waals surface area contributed by atoms with Crippen molar-refractivity contribution in [1.29, 1.82) is 0 Å². The maximum Gasteiger partial charge on any atom is 0.387 e. The molecule has 0 aromatic heterocycles. The van der Waals surface area contributed by atoms with Crippen LogP contribution >= 0.6 is 0 Å². The molecule has 4 nitrogen and oxygen atoms in total. The molecule has 0 fully saturated rings. The van der Waals surface area contributed by atoms with Crippen molar-refractivity contribution < 1.29 is 28.2 Å². The van der Waals surface area contributed by atoms with E-state index in [2.05, 4.69) is 9.47 Å². The van der Waals surface area contributed by atoms with Crippen molar-refractivity contribution in [2.75, 3.05) is 7.11 Å². The Balaban J connectivity index is 2.79. The maximum absolute atomic E-state index is 12.1. The van der Waals surface area contributed by atoms with E-state index in [1.54, 1.807) is 6.07 Å². The molecule has 0 saturated carbocycles. The van der Waals surface area contributed by atoms with E-state index in [-0.39, 0.29) is 12.2 Å². The van der Waals surface area contributed by atoms with Gasteiger partial charge in [0.15, 0.2) is 6.10 Å². The first-order valence-electron chi connectivity index (χ1n) is 4.83. The third kappa shape index (κ3) is 3.99. The molecule has 17 heavy (non-hydrogen) atoms. The van der Waals surface area contributed by atoms with E-state index in [0.29, 0.717) is 5.56 Å². The molecule has 0 aliphatic rings. The number of ether oxygens (including phenoxy) is 2. The summed E-state index contributed by atoms with van der Waals surface area (Å²) < 4.78 is 32.8. The summed E-state index contributed by atoms with van der Waals surface area (Å²) in [5.74, 6) is -0.887. The van der Waals surface area contributed by atoms with E-state index in [1.165, 1.54) is 18.2 Å². The number of para-hydroxylation sites is 1. The molecule has 1 aromatic rings. The van der Waals surface area contributed by atoms with Crippen LogP contribution < -0.4 is 4.74 Å². The van der Waals surface area contributed by atoms with Crippen molar-refractivity contribution in [3.63, 3.8) is 0 Å². The SMILES string of the molecule is COC(=O)[C@H](O)Cc1ccccc1OC(F)F. The summed E-state index contributed by atoms with van der Waals surface area (Å²) in [6.07, 6.45) is -1.54. The van der Waals surface area contributed by atoms with E-state index >= 15 is 0 Å². The molecule has 0 radical (unpaired) electrons. The molecule has 0 heterocycles. The Morgan fingerprint density at radius 3 is 2.65 bits per heavy atom. The monoisotopic (exact) mass is 246 g/mol. The van der Waals surface area contributed by atoms with Crippen LogP contribution in [0, 0.1) is 0 Å². The van der Waals surface area contributed by atoms with Crippen LogP contribution in [0.2, 0.25) is 0 Å². The second kappa shape index (κ2) is 6.15. The largest absolute Gasteiger partial charge is 0.467 e. The normalized spacial score (nSPS) is 12.3. The minimum absolute atomic E-state index is 0.0644. The number of hydrogen-bond acceptors (Lipinski definition) is 4. The standard InChI is InChI=1S/C11H12F2O4/c1-16-10(15)8(14)6-7-4-2-3-5-9(7)17-11(12)13/h2-5,8,11,14H,6H2,1H3/t8-/m1/s1. The number of alkyl halides is 2. The summed E-state index contributed by atoms with van der Waals surface area (Å²) >= 11 is 0. The summed E-state index contributed by atoms with van der Waals surface area (Å²) in [6, 6.07) is 5.94. The van der Waals surface area contributed by atoms with E-state index in [1.807, 2.05) is 0 Å². The van der Waals surface area contributed by atoms with Crippen molar-refractivity contribution in [1.82, 2.24) is 0 Å². The summed E-state index contributed by atoms with van der Waals surface area (Å²) in [4.78, 5) is 11.0. The van der Waals surface area contributed by atoms with Crippen LogP contribution in [-0.4, -0.2) is 30.9 Å². The number of halogens is 2. The molecule has 0 bridgehead atoms. The molecular formula is C11H12F2O4. The van der Waals surface area contributed by atoms with Crippen LogP contribution in [0.5, 0.6) is 5.75 Å². The highest BCUT2D eigenvalue weighted by molar-refractivity contribution is 5.74. The zero-order chi connectivity index (χ0) is 12.8.